The average molecular weight is 216 g/mol. The van der Waals surface area contributed by atoms with Crippen LogP contribution in [0.2, 0.25) is 0 Å². The first-order chi connectivity index (χ1) is 6.36. The SMILES string of the molecule is Cl.Oc1cccc([C@@H]2COCCN2)c1. The second-order valence-corrected chi connectivity index (χ2v) is 3.18. The van der Waals surface area contributed by atoms with Gasteiger partial charge in [0.05, 0.1) is 19.3 Å². The van der Waals surface area contributed by atoms with Crippen LogP contribution in [0.25, 0.3) is 0 Å². The second-order valence-electron chi connectivity index (χ2n) is 3.18. The van der Waals surface area contributed by atoms with Crippen LogP contribution in [-0.2, 0) is 4.74 Å². The van der Waals surface area contributed by atoms with Crippen molar-refractivity contribution in [1.82, 2.24) is 5.32 Å². The first-order valence-corrected chi connectivity index (χ1v) is 4.46. The number of aromatic hydroxyl groups is 1. The van der Waals surface area contributed by atoms with E-state index >= 15 is 0 Å². The van der Waals surface area contributed by atoms with E-state index in [9.17, 15) is 5.11 Å². The standard InChI is InChI=1S/C10H13NO2.ClH/c12-9-3-1-2-8(6-9)10-7-13-5-4-11-10;/h1-3,6,10-12H,4-5,7H2;1H/t10-;/m0./s1. The van der Waals surface area contributed by atoms with Gasteiger partial charge in [0.2, 0.25) is 0 Å². The molecule has 0 aromatic heterocycles. The lowest BCUT2D eigenvalue weighted by Gasteiger charge is -2.24. The fourth-order valence-electron chi connectivity index (χ4n) is 1.52. The van der Waals surface area contributed by atoms with Crippen LogP contribution in [0.5, 0.6) is 5.75 Å². The highest BCUT2D eigenvalue weighted by Gasteiger charge is 2.14. The number of phenols is 1. The Morgan fingerprint density at radius 2 is 2.29 bits per heavy atom. The van der Waals surface area contributed by atoms with Crippen molar-refractivity contribution >= 4 is 12.4 Å². The normalized spacial score (nSPS) is 21.3. The molecule has 1 aromatic rings. The lowest BCUT2D eigenvalue weighted by Crippen LogP contribution is -2.34. The molecule has 1 fully saturated rings. The van der Waals surface area contributed by atoms with Gasteiger partial charge in [0.15, 0.2) is 0 Å². The molecule has 0 unspecified atom stereocenters. The Kier molecular flexibility index (Phi) is 4.20. The van der Waals surface area contributed by atoms with Crippen LogP contribution in [0.4, 0.5) is 0 Å². The maximum atomic E-state index is 9.28. The lowest BCUT2D eigenvalue weighted by atomic mass is 10.1. The summed E-state index contributed by atoms with van der Waals surface area (Å²) in [7, 11) is 0. The fourth-order valence-corrected chi connectivity index (χ4v) is 1.52. The Morgan fingerprint density at radius 3 is 2.93 bits per heavy atom. The van der Waals surface area contributed by atoms with E-state index in [1.807, 2.05) is 12.1 Å². The van der Waals surface area contributed by atoms with Crippen molar-refractivity contribution in [3.63, 3.8) is 0 Å². The van der Waals surface area contributed by atoms with Crippen molar-refractivity contribution in [3.8, 4) is 5.75 Å². The molecule has 0 bridgehead atoms. The highest BCUT2D eigenvalue weighted by atomic mass is 35.5. The van der Waals surface area contributed by atoms with Crippen molar-refractivity contribution in [2.24, 2.45) is 0 Å². The predicted octanol–water partition coefficient (Wildman–Crippen LogP) is 1.47. The zero-order valence-corrected chi connectivity index (χ0v) is 8.59. The zero-order chi connectivity index (χ0) is 9.10. The number of ether oxygens (including phenoxy) is 1. The largest absolute Gasteiger partial charge is 0.508 e. The highest BCUT2D eigenvalue weighted by molar-refractivity contribution is 5.85. The summed E-state index contributed by atoms with van der Waals surface area (Å²) in [5.41, 5.74) is 1.08. The molecule has 0 radical (unpaired) electrons. The number of hydrogen-bond acceptors (Lipinski definition) is 3. The monoisotopic (exact) mass is 215 g/mol. The van der Waals surface area contributed by atoms with E-state index in [1.54, 1.807) is 12.1 Å². The molecule has 0 spiro atoms. The smallest absolute Gasteiger partial charge is 0.115 e. The molecular formula is C10H14ClNO2. The molecule has 0 aliphatic carbocycles. The Morgan fingerprint density at radius 1 is 1.43 bits per heavy atom. The van der Waals surface area contributed by atoms with Crippen LogP contribution < -0.4 is 5.32 Å². The third-order valence-corrected chi connectivity index (χ3v) is 2.19. The number of hydrogen-bond donors (Lipinski definition) is 2. The summed E-state index contributed by atoms with van der Waals surface area (Å²) < 4.78 is 5.33. The molecule has 4 heteroatoms. The van der Waals surface area contributed by atoms with Gasteiger partial charge in [0, 0.05) is 6.54 Å². The lowest BCUT2D eigenvalue weighted by molar-refractivity contribution is 0.0768. The van der Waals surface area contributed by atoms with Crippen LogP contribution in [0, 0.1) is 0 Å². The molecule has 1 aliphatic heterocycles. The molecule has 0 saturated carbocycles. The minimum Gasteiger partial charge on any atom is -0.508 e. The van der Waals surface area contributed by atoms with E-state index in [0.29, 0.717) is 12.4 Å². The van der Waals surface area contributed by atoms with Crippen LogP contribution >= 0.6 is 12.4 Å². The van der Waals surface area contributed by atoms with E-state index < -0.39 is 0 Å². The molecule has 2 N–H and O–H groups in total. The fraction of sp³-hybridized carbons (Fsp3) is 0.400. The molecule has 3 nitrogen and oxygen atoms in total. The summed E-state index contributed by atoms with van der Waals surface area (Å²) in [6, 6.07) is 7.51. The predicted molar refractivity (Wildman–Crippen MR) is 56.9 cm³/mol. The van der Waals surface area contributed by atoms with Gasteiger partial charge in [-0.15, -0.1) is 12.4 Å². The Labute approximate surface area is 89.5 Å². The summed E-state index contributed by atoms with van der Waals surface area (Å²) in [5.74, 6) is 0.310. The van der Waals surface area contributed by atoms with Crippen molar-refractivity contribution in [1.29, 1.82) is 0 Å². The van der Waals surface area contributed by atoms with Gasteiger partial charge in [-0.1, -0.05) is 12.1 Å². The highest BCUT2D eigenvalue weighted by Crippen LogP contribution is 2.19. The van der Waals surface area contributed by atoms with Gasteiger partial charge in [-0.25, -0.2) is 0 Å². The summed E-state index contributed by atoms with van der Waals surface area (Å²) in [6.45, 7) is 2.33. The molecule has 1 heterocycles. The van der Waals surface area contributed by atoms with Crippen molar-refractivity contribution in [2.75, 3.05) is 19.8 Å². The summed E-state index contributed by atoms with van der Waals surface area (Å²) >= 11 is 0. The van der Waals surface area contributed by atoms with Gasteiger partial charge in [-0.05, 0) is 17.7 Å². The Bertz CT molecular complexity index is 287. The Hall–Kier alpha value is -0.770. The molecule has 1 aromatic carbocycles. The third kappa shape index (κ3) is 2.61. The number of halogens is 1. The van der Waals surface area contributed by atoms with E-state index in [2.05, 4.69) is 5.32 Å². The van der Waals surface area contributed by atoms with Crippen LogP contribution in [-0.4, -0.2) is 24.9 Å². The minimum absolute atomic E-state index is 0. The minimum atomic E-state index is 0. The van der Waals surface area contributed by atoms with Gasteiger partial charge in [-0.2, -0.15) is 0 Å². The van der Waals surface area contributed by atoms with Crippen molar-refractivity contribution < 1.29 is 9.84 Å². The summed E-state index contributed by atoms with van der Waals surface area (Å²) in [6.07, 6.45) is 0. The van der Waals surface area contributed by atoms with Crippen molar-refractivity contribution in [2.45, 2.75) is 6.04 Å². The summed E-state index contributed by atoms with van der Waals surface area (Å²) in [4.78, 5) is 0. The van der Waals surface area contributed by atoms with E-state index in [0.717, 1.165) is 18.7 Å². The van der Waals surface area contributed by atoms with Gasteiger partial charge < -0.3 is 15.2 Å². The topological polar surface area (TPSA) is 41.5 Å². The maximum absolute atomic E-state index is 9.28. The molecule has 2 rings (SSSR count). The first kappa shape index (κ1) is 11.3. The molecule has 1 saturated heterocycles. The third-order valence-electron chi connectivity index (χ3n) is 2.19. The number of morpholine rings is 1. The number of rotatable bonds is 1. The first-order valence-electron chi connectivity index (χ1n) is 4.46. The molecule has 0 amide bonds. The van der Waals surface area contributed by atoms with E-state index in [4.69, 9.17) is 4.74 Å². The Balaban J connectivity index is 0.000000980. The molecule has 78 valence electrons. The van der Waals surface area contributed by atoms with Gasteiger partial charge in [0.1, 0.15) is 5.75 Å². The van der Waals surface area contributed by atoms with Crippen molar-refractivity contribution in [3.05, 3.63) is 29.8 Å². The summed E-state index contributed by atoms with van der Waals surface area (Å²) in [5, 5.41) is 12.6. The average Bonchev–Trinajstić information content (AvgIpc) is 2.19. The number of benzene rings is 1. The molecule has 1 atom stereocenters. The number of nitrogens with one attached hydrogen (secondary N) is 1. The van der Waals surface area contributed by atoms with Gasteiger partial charge in [0.25, 0.3) is 0 Å². The van der Waals surface area contributed by atoms with Gasteiger partial charge >= 0.3 is 0 Å². The molecule has 1 aliphatic rings. The van der Waals surface area contributed by atoms with E-state index in [1.165, 1.54) is 0 Å². The van der Waals surface area contributed by atoms with Gasteiger partial charge in [-0.3, -0.25) is 0 Å². The van der Waals surface area contributed by atoms with E-state index in [-0.39, 0.29) is 18.4 Å². The molecule has 14 heavy (non-hydrogen) atoms. The second kappa shape index (κ2) is 5.20. The number of phenolic OH excluding ortho intramolecular Hbond substituents is 1. The maximum Gasteiger partial charge on any atom is 0.115 e. The molecular weight excluding hydrogens is 202 g/mol. The zero-order valence-electron chi connectivity index (χ0n) is 7.77. The van der Waals surface area contributed by atoms with Crippen LogP contribution in [0.15, 0.2) is 24.3 Å². The quantitative estimate of drug-likeness (QED) is 0.746. The van der Waals surface area contributed by atoms with Crippen LogP contribution in [0.3, 0.4) is 0 Å². The van der Waals surface area contributed by atoms with Crippen LogP contribution in [0.1, 0.15) is 11.6 Å².